The molecule has 1 rings (SSSR count). The highest BCUT2D eigenvalue weighted by molar-refractivity contribution is 5.73. The first-order valence-electron chi connectivity index (χ1n) is 6.21. The van der Waals surface area contributed by atoms with Gasteiger partial charge in [0.2, 0.25) is 0 Å². The van der Waals surface area contributed by atoms with E-state index in [9.17, 15) is 4.79 Å². The zero-order valence-electron chi connectivity index (χ0n) is 10.2. The minimum absolute atomic E-state index is 0.261. The van der Waals surface area contributed by atoms with Crippen LogP contribution in [0.4, 0.5) is 0 Å². The average molecular weight is 229 g/mol. The quantitative estimate of drug-likeness (QED) is 0.727. The Morgan fingerprint density at radius 3 is 2.62 bits per heavy atom. The van der Waals surface area contributed by atoms with Gasteiger partial charge >= 0.3 is 5.97 Å². The molecule has 0 radical (unpaired) electrons. The minimum atomic E-state index is -0.735. The Kier molecular flexibility index (Phi) is 5.77. The zero-order chi connectivity index (χ0) is 12.0. The minimum Gasteiger partial charge on any atom is -0.480 e. The second-order valence-corrected chi connectivity index (χ2v) is 4.58. The van der Waals surface area contributed by atoms with E-state index in [1.54, 1.807) is 0 Å². The van der Waals surface area contributed by atoms with Crippen molar-refractivity contribution < 1.29 is 14.6 Å². The summed E-state index contributed by atoms with van der Waals surface area (Å²) >= 11 is 0. The third-order valence-corrected chi connectivity index (χ3v) is 3.31. The van der Waals surface area contributed by atoms with Crippen LogP contribution in [-0.2, 0) is 9.53 Å². The Morgan fingerprint density at radius 2 is 2.12 bits per heavy atom. The van der Waals surface area contributed by atoms with Gasteiger partial charge in [-0.1, -0.05) is 13.3 Å². The summed E-state index contributed by atoms with van der Waals surface area (Å²) in [6, 6.07) is -0.139. The number of rotatable bonds is 6. The number of carbonyl (C=O) groups is 1. The molecule has 1 saturated heterocycles. The van der Waals surface area contributed by atoms with Crippen molar-refractivity contribution in [3.8, 4) is 0 Å². The molecule has 0 bridgehead atoms. The summed E-state index contributed by atoms with van der Waals surface area (Å²) in [4.78, 5) is 11.0. The summed E-state index contributed by atoms with van der Waals surface area (Å²) < 4.78 is 5.31. The summed E-state index contributed by atoms with van der Waals surface area (Å²) in [7, 11) is 0. The molecule has 2 atom stereocenters. The molecule has 1 heterocycles. The van der Waals surface area contributed by atoms with E-state index in [0.717, 1.165) is 32.5 Å². The lowest BCUT2D eigenvalue weighted by Gasteiger charge is -2.30. The van der Waals surface area contributed by atoms with Crippen molar-refractivity contribution in [1.82, 2.24) is 5.32 Å². The second-order valence-electron chi connectivity index (χ2n) is 4.58. The lowest BCUT2D eigenvalue weighted by atomic mass is 9.92. The fourth-order valence-corrected chi connectivity index (χ4v) is 2.24. The highest BCUT2D eigenvalue weighted by Gasteiger charge is 2.25. The monoisotopic (exact) mass is 229 g/mol. The van der Waals surface area contributed by atoms with Crippen LogP contribution < -0.4 is 5.32 Å². The number of nitrogens with one attached hydrogen (secondary N) is 1. The lowest BCUT2D eigenvalue weighted by Crippen LogP contribution is -2.46. The van der Waals surface area contributed by atoms with Crippen molar-refractivity contribution in [2.24, 2.45) is 5.92 Å². The fourth-order valence-electron chi connectivity index (χ4n) is 2.24. The maximum absolute atomic E-state index is 11.0. The van der Waals surface area contributed by atoms with Crippen molar-refractivity contribution >= 4 is 5.97 Å². The Labute approximate surface area is 97.4 Å². The van der Waals surface area contributed by atoms with E-state index in [0.29, 0.717) is 12.3 Å². The molecule has 2 unspecified atom stereocenters. The lowest BCUT2D eigenvalue weighted by molar-refractivity contribution is -0.140. The summed E-state index contributed by atoms with van der Waals surface area (Å²) in [5.74, 6) is -0.187. The second kappa shape index (κ2) is 6.86. The van der Waals surface area contributed by atoms with E-state index < -0.39 is 12.0 Å². The highest BCUT2D eigenvalue weighted by Crippen LogP contribution is 2.19. The van der Waals surface area contributed by atoms with Gasteiger partial charge in [-0.05, 0) is 32.1 Å². The van der Waals surface area contributed by atoms with E-state index in [-0.39, 0.29) is 6.04 Å². The summed E-state index contributed by atoms with van der Waals surface area (Å²) in [5.41, 5.74) is 0. The molecule has 0 aromatic heterocycles. The maximum atomic E-state index is 11.0. The van der Waals surface area contributed by atoms with E-state index >= 15 is 0 Å². The normalized spacial score (nSPS) is 21.6. The first-order chi connectivity index (χ1) is 7.65. The van der Waals surface area contributed by atoms with Gasteiger partial charge in [0.25, 0.3) is 0 Å². The first-order valence-corrected chi connectivity index (χ1v) is 6.21. The van der Waals surface area contributed by atoms with Gasteiger partial charge < -0.3 is 15.2 Å². The van der Waals surface area contributed by atoms with E-state index in [4.69, 9.17) is 9.84 Å². The predicted octanol–water partition coefficient (Wildman–Crippen LogP) is 1.64. The van der Waals surface area contributed by atoms with Gasteiger partial charge in [0.1, 0.15) is 6.04 Å². The third-order valence-electron chi connectivity index (χ3n) is 3.31. The van der Waals surface area contributed by atoms with Crippen LogP contribution in [0.15, 0.2) is 0 Å². The van der Waals surface area contributed by atoms with Gasteiger partial charge in [-0.3, -0.25) is 4.79 Å². The molecule has 1 fully saturated rings. The Hall–Kier alpha value is -0.610. The molecular formula is C12H23NO3. The van der Waals surface area contributed by atoms with Crippen molar-refractivity contribution in [3.05, 3.63) is 0 Å². The van der Waals surface area contributed by atoms with Crippen molar-refractivity contribution in [3.63, 3.8) is 0 Å². The SMILES string of the molecule is CCCC(NC(C)C1CCOCC1)C(=O)O. The van der Waals surface area contributed by atoms with Crippen LogP contribution >= 0.6 is 0 Å². The van der Waals surface area contributed by atoms with Crippen molar-refractivity contribution in [2.75, 3.05) is 13.2 Å². The predicted molar refractivity (Wildman–Crippen MR) is 62.5 cm³/mol. The number of ether oxygens (including phenoxy) is 1. The summed E-state index contributed by atoms with van der Waals surface area (Å²) in [6.45, 7) is 5.71. The number of aliphatic carboxylic acids is 1. The Morgan fingerprint density at radius 1 is 1.50 bits per heavy atom. The molecule has 0 aromatic rings. The van der Waals surface area contributed by atoms with Crippen LogP contribution in [0.5, 0.6) is 0 Å². The molecule has 0 aromatic carbocycles. The largest absolute Gasteiger partial charge is 0.480 e. The van der Waals surface area contributed by atoms with Crippen LogP contribution in [0.3, 0.4) is 0 Å². The van der Waals surface area contributed by atoms with E-state index in [1.807, 2.05) is 6.92 Å². The number of hydrogen-bond donors (Lipinski definition) is 2. The molecule has 0 aliphatic carbocycles. The number of carboxylic acids is 1. The van der Waals surface area contributed by atoms with Gasteiger partial charge in [-0.15, -0.1) is 0 Å². The number of hydrogen-bond acceptors (Lipinski definition) is 3. The standard InChI is InChI=1S/C12H23NO3/c1-3-4-11(12(14)15)13-9(2)10-5-7-16-8-6-10/h9-11,13H,3-8H2,1-2H3,(H,14,15). The molecule has 94 valence electrons. The van der Waals surface area contributed by atoms with Crippen LogP contribution in [0.1, 0.15) is 39.5 Å². The average Bonchev–Trinajstić information content (AvgIpc) is 2.29. The van der Waals surface area contributed by atoms with Gasteiger partial charge in [-0.25, -0.2) is 0 Å². The molecule has 4 nitrogen and oxygen atoms in total. The molecule has 4 heteroatoms. The summed E-state index contributed by atoms with van der Waals surface area (Å²) in [6.07, 6.45) is 3.66. The van der Waals surface area contributed by atoms with Crippen LogP contribution in [0.2, 0.25) is 0 Å². The smallest absolute Gasteiger partial charge is 0.320 e. The Bertz CT molecular complexity index is 214. The molecule has 2 N–H and O–H groups in total. The van der Waals surface area contributed by atoms with Crippen LogP contribution in [0, 0.1) is 5.92 Å². The van der Waals surface area contributed by atoms with Crippen molar-refractivity contribution in [1.29, 1.82) is 0 Å². The molecule has 1 aliphatic rings. The zero-order valence-corrected chi connectivity index (χ0v) is 10.2. The van der Waals surface area contributed by atoms with Gasteiger partial charge in [0.15, 0.2) is 0 Å². The molecule has 0 saturated carbocycles. The van der Waals surface area contributed by atoms with Crippen LogP contribution in [-0.4, -0.2) is 36.4 Å². The number of carboxylic acid groups (broad SMARTS) is 1. The molecular weight excluding hydrogens is 206 g/mol. The van der Waals surface area contributed by atoms with Gasteiger partial charge in [0, 0.05) is 19.3 Å². The molecule has 16 heavy (non-hydrogen) atoms. The molecule has 1 aliphatic heterocycles. The third kappa shape index (κ3) is 4.10. The van der Waals surface area contributed by atoms with Crippen LogP contribution in [0.25, 0.3) is 0 Å². The maximum Gasteiger partial charge on any atom is 0.320 e. The first kappa shape index (κ1) is 13.5. The van der Waals surface area contributed by atoms with Gasteiger partial charge in [0.05, 0.1) is 0 Å². The fraction of sp³-hybridized carbons (Fsp3) is 0.917. The molecule has 0 spiro atoms. The van der Waals surface area contributed by atoms with Crippen molar-refractivity contribution in [2.45, 2.75) is 51.6 Å². The highest BCUT2D eigenvalue weighted by atomic mass is 16.5. The van der Waals surface area contributed by atoms with E-state index in [2.05, 4.69) is 12.2 Å². The van der Waals surface area contributed by atoms with E-state index in [1.165, 1.54) is 0 Å². The Balaban J connectivity index is 2.39. The summed E-state index contributed by atoms with van der Waals surface area (Å²) in [5, 5.41) is 12.3. The molecule has 0 amide bonds. The van der Waals surface area contributed by atoms with Gasteiger partial charge in [-0.2, -0.15) is 0 Å². The topological polar surface area (TPSA) is 58.6 Å².